The molecule has 1 N–H and O–H groups in total. The second-order valence-electron chi connectivity index (χ2n) is 19.4. The van der Waals surface area contributed by atoms with Crippen LogP contribution in [0.3, 0.4) is 0 Å². The average molecular weight is 929 g/mol. The van der Waals surface area contributed by atoms with Gasteiger partial charge in [0, 0.05) is 55.6 Å². The number of benzene rings is 8. The molecular weight excluding hydrogens is 873 g/mol. The molecule has 4 nitrogen and oxygen atoms in total. The van der Waals surface area contributed by atoms with Crippen LogP contribution in [0.1, 0.15) is 46.0 Å². The molecule has 12 rings (SSSR count). The second kappa shape index (κ2) is 18.2. The summed E-state index contributed by atoms with van der Waals surface area (Å²) in [4.78, 5) is 5.22. The van der Waals surface area contributed by atoms with Crippen LogP contribution in [0.4, 0.5) is 5.69 Å². The first-order valence-electron chi connectivity index (χ1n) is 25.1. The first-order valence-corrected chi connectivity index (χ1v) is 25.1. The summed E-state index contributed by atoms with van der Waals surface area (Å²) in [6, 6.07) is 61.2. The molecular formula is C68H56N4. The fourth-order valence-electron chi connectivity index (χ4n) is 11.4. The van der Waals surface area contributed by atoms with E-state index in [-0.39, 0.29) is 6.04 Å². The molecule has 0 spiro atoms. The molecule has 4 heteroatoms. The van der Waals surface area contributed by atoms with Crippen molar-refractivity contribution in [3.8, 4) is 33.6 Å². The normalized spacial score (nSPS) is 13.4. The number of pyridine rings is 1. The molecule has 0 amide bonds. The van der Waals surface area contributed by atoms with Gasteiger partial charge in [0.2, 0.25) is 0 Å². The monoisotopic (exact) mass is 928 g/mol. The maximum atomic E-state index is 5.22. The third-order valence-corrected chi connectivity index (χ3v) is 14.5. The van der Waals surface area contributed by atoms with Gasteiger partial charge in [0.1, 0.15) is 0 Å². The number of allylic oxidation sites excluding steroid dienone is 4. The number of hydrogen-bond acceptors (Lipinski definition) is 2. The number of nitrogens with one attached hydrogen (secondary N) is 1. The van der Waals surface area contributed by atoms with E-state index in [1.54, 1.807) is 0 Å². The van der Waals surface area contributed by atoms with E-state index in [2.05, 4.69) is 224 Å². The molecule has 4 heterocycles. The number of anilines is 1. The van der Waals surface area contributed by atoms with Gasteiger partial charge in [0.25, 0.3) is 0 Å². The van der Waals surface area contributed by atoms with E-state index in [9.17, 15) is 0 Å². The Morgan fingerprint density at radius 3 is 1.75 bits per heavy atom. The number of hydrogen-bond donors (Lipinski definition) is 1. The third kappa shape index (κ3) is 7.68. The summed E-state index contributed by atoms with van der Waals surface area (Å²) in [6.07, 6.45) is 13.5. The van der Waals surface area contributed by atoms with Gasteiger partial charge in [0.15, 0.2) is 0 Å². The lowest BCUT2D eigenvalue weighted by molar-refractivity contribution is 0.987. The molecule has 1 unspecified atom stereocenters. The van der Waals surface area contributed by atoms with Crippen molar-refractivity contribution in [2.24, 2.45) is 0 Å². The Kier molecular flexibility index (Phi) is 11.3. The number of aromatic nitrogens is 3. The molecule has 11 aromatic rings. The van der Waals surface area contributed by atoms with Gasteiger partial charge in [-0.1, -0.05) is 121 Å². The van der Waals surface area contributed by atoms with Crippen LogP contribution in [0.5, 0.6) is 0 Å². The van der Waals surface area contributed by atoms with Gasteiger partial charge in [-0.2, -0.15) is 0 Å². The third-order valence-electron chi connectivity index (χ3n) is 14.5. The quantitative estimate of drug-likeness (QED) is 0.117. The van der Waals surface area contributed by atoms with E-state index in [1.807, 2.05) is 24.3 Å². The Balaban J connectivity index is 0.993. The first-order chi connectivity index (χ1) is 35.3. The van der Waals surface area contributed by atoms with Gasteiger partial charge in [-0.05, 0) is 168 Å². The number of rotatable bonds is 13. The van der Waals surface area contributed by atoms with Gasteiger partial charge >= 0.3 is 0 Å². The van der Waals surface area contributed by atoms with Crippen LogP contribution in [0.15, 0.2) is 220 Å². The van der Waals surface area contributed by atoms with Crippen molar-refractivity contribution >= 4 is 65.8 Å². The molecule has 1 aliphatic rings. The molecule has 0 bridgehead atoms. The van der Waals surface area contributed by atoms with E-state index in [1.165, 1.54) is 93.7 Å². The van der Waals surface area contributed by atoms with Crippen LogP contribution in [0.25, 0.3) is 93.7 Å². The van der Waals surface area contributed by atoms with Crippen molar-refractivity contribution in [2.45, 2.75) is 45.6 Å². The molecule has 8 aromatic carbocycles. The summed E-state index contributed by atoms with van der Waals surface area (Å²) >= 11 is 0. The lowest BCUT2D eigenvalue weighted by Crippen LogP contribution is -2.19. The summed E-state index contributed by atoms with van der Waals surface area (Å²) in [6.45, 7) is 20.6. The minimum atomic E-state index is 0.0854. The fourth-order valence-corrected chi connectivity index (χ4v) is 11.4. The predicted molar refractivity (Wildman–Crippen MR) is 308 cm³/mol. The summed E-state index contributed by atoms with van der Waals surface area (Å²) in [5, 5.41) is 9.90. The van der Waals surface area contributed by atoms with Crippen LogP contribution in [-0.2, 0) is 25.7 Å². The van der Waals surface area contributed by atoms with Crippen LogP contribution < -0.4 is 5.32 Å². The molecule has 72 heavy (non-hydrogen) atoms. The molecule has 0 saturated carbocycles. The van der Waals surface area contributed by atoms with Crippen molar-refractivity contribution in [1.82, 2.24) is 14.1 Å². The van der Waals surface area contributed by atoms with Gasteiger partial charge in [-0.3, -0.25) is 4.98 Å². The number of nitrogens with zero attached hydrogens (tertiary/aromatic N) is 3. The second-order valence-corrected chi connectivity index (χ2v) is 19.4. The van der Waals surface area contributed by atoms with E-state index in [0.29, 0.717) is 0 Å². The Morgan fingerprint density at radius 2 is 1.04 bits per heavy atom. The topological polar surface area (TPSA) is 34.8 Å². The van der Waals surface area contributed by atoms with E-state index in [4.69, 9.17) is 4.98 Å². The number of fused-ring (bicyclic) bond motifs is 9. The highest BCUT2D eigenvalue weighted by molar-refractivity contribution is 6.12. The fraction of sp³-hybridized carbons (Fsp3) is 0.103. The van der Waals surface area contributed by atoms with E-state index < -0.39 is 0 Å². The zero-order valence-electron chi connectivity index (χ0n) is 41.1. The van der Waals surface area contributed by atoms with Crippen molar-refractivity contribution in [1.29, 1.82) is 0 Å². The molecule has 0 radical (unpaired) electrons. The molecule has 1 atom stereocenters. The van der Waals surface area contributed by atoms with E-state index >= 15 is 0 Å². The Morgan fingerprint density at radius 1 is 0.458 bits per heavy atom. The van der Waals surface area contributed by atoms with Crippen molar-refractivity contribution in [3.63, 3.8) is 0 Å². The smallest absolute Gasteiger partial charge is 0.0949 e. The number of para-hydroxylation sites is 1. The van der Waals surface area contributed by atoms with Crippen molar-refractivity contribution in [2.75, 3.05) is 5.32 Å². The Hall–Kier alpha value is -8.73. The minimum absolute atomic E-state index is 0.0854. The maximum absolute atomic E-state index is 5.22. The summed E-state index contributed by atoms with van der Waals surface area (Å²) in [7, 11) is 0. The maximum Gasteiger partial charge on any atom is 0.0949 e. The SMILES string of the molecule is C=CCc1cc(C2=CC(C)Nc3c2ccc2c(-c4cccc(CC=C)c4)cc(C)nc32)cc(-c2ccc3c(c2)c2cc(CC=C)ccc2n3-c2cccc(-n3c4ccccc4c4cc(CC=C)ccc43)c2)c1. The number of aryl methyl sites for hydroxylation is 1. The lowest BCUT2D eigenvalue weighted by atomic mass is 9.86. The molecule has 0 aliphatic carbocycles. The van der Waals surface area contributed by atoms with Crippen molar-refractivity contribution < 1.29 is 0 Å². The van der Waals surface area contributed by atoms with E-state index in [0.717, 1.165) is 70.4 Å². The highest BCUT2D eigenvalue weighted by Gasteiger charge is 2.24. The van der Waals surface area contributed by atoms with Gasteiger partial charge in [-0.15, -0.1) is 26.3 Å². The van der Waals surface area contributed by atoms with Crippen LogP contribution >= 0.6 is 0 Å². The van der Waals surface area contributed by atoms with Gasteiger partial charge < -0.3 is 14.5 Å². The minimum Gasteiger partial charge on any atom is -0.377 e. The van der Waals surface area contributed by atoms with Crippen LogP contribution in [0.2, 0.25) is 0 Å². The van der Waals surface area contributed by atoms with Gasteiger partial charge in [0.05, 0.1) is 33.3 Å². The van der Waals surface area contributed by atoms with Crippen LogP contribution in [-0.4, -0.2) is 20.2 Å². The summed E-state index contributed by atoms with van der Waals surface area (Å²) in [5.74, 6) is 0. The Bertz CT molecular complexity index is 4080. The highest BCUT2D eigenvalue weighted by atomic mass is 15.0. The summed E-state index contributed by atoms with van der Waals surface area (Å²) < 4.78 is 4.85. The zero-order chi connectivity index (χ0) is 49.0. The van der Waals surface area contributed by atoms with Crippen LogP contribution in [0, 0.1) is 6.92 Å². The van der Waals surface area contributed by atoms with Gasteiger partial charge in [-0.25, -0.2) is 0 Å². The highest BCUT2D eigenvalue weighted by Crippen LogP contribution is 2.44. The lowest BCUT2D eigenvalue weighted by Gasteiger charge is -2.27. The predicted octanol–water partition coefficient (Wildman–Crippen LogP) is 17.2. The first kappa shape index (κ1) is 44.5. The average Bonchev–Trinajstić information content (AvgIpc) is 3.90. The largest absolute Gasteiger partial charge is 0.377 e. The summed E-state index contributed by atoms with van der Waals surface area (Å²) in [5.41, 5.74) is 23.2. The molecule has 348 valence electrons. The molecule has 0 saturated heterocycles. The standard InChI is InChI=1S/C68H56N4/c1-7-15-45-19-13-20-50(35-45)58-33-43(5)69-67-56(58)28-29-57-59(34-44(6)70-68(57)67)52-37-48(18-10-4)36-51(40-52)49-27-32-66-62(41-49)61-39-47(17-9-3)26-31-65(61)72(66)54-22-14-21-53(42-54)71-63-24-12-11-23-55(63)60-38-46(16-8-2)25-30-64(60)71/h7-14,19-42,44,70H,1-4,15-18H2,5-6H3. The molecule has 1 aliphatic heterocycles. The molecule has 3 aromatic heterocycles. The Labute approximate surface area is 421 Å². The zero-order valence-corrected chi connectivity index (χ0v) is 41.1. The van der Waals surface area contributed by atoms with Crippen molar-refractivity contribution in [3.05, 3.63) is 260 Å². The molecule has 0 fully saturated rings.